The number of rotatable bonds is 1. The zero-order valence-electron chi connectivity index (χ0n) is 6.48. The highest BCUT2D eigenvalue weighted by atomic mass is 35.5. The molecule has 5 heteroatoms. The Bertz CT molecular complexity index is 298. The first-order chi connectivity index (χ1) is 5.93. The molecule has 0 saturated carbocycles. The first-order valence-corrected chi connectivity index (χ1v) is 3.87. The van der Waals surface area contributed by atoms with Crippen LogP contribution in [0.3, 0.4) is 0 Å². The fraction of sp³-hybridized carbons (Fsp3) is 0.250. The van der Waals surface area contributed by atoms with Crippen LogP contribution < -0.4 is 5.73 Å². The van der Waals surface area contributed by atoms with Crippen LogP contribution in [-0.4, -0.2) is 6.18 Å². The minimum atomic E-state index is -4.45. The number of hydrogen-bond donors (Lipinski definition) is 1. The van der Waals surface area contributed by atoms with Crippen LogP contribution in [0.25, 0.3) is 0 Å². The summed E-state index contributed by atoms with van der Waals surface area (Å²) >= 11 is 5.55. The lowest BCUT2D eigenvalue weighted by Crippen LogP contribution is -2.28. The van der Waals surface area contributed by atoms with E-state index >= 15 is 0 Å². The molecule has 0 saturated heterocycles. The highest BCUT2D eigenvalue weighted by Crippen LogP contribution is 2.33. The van der Waals surface area contributed by atoms with E-state index in [9.17, 15) is 13.2 Å². The zero-order chi connectivity index (χ0) is 10.1. The number of alkyl halides is 3. The van der Waals surface area contributed by atoms with Crippen molar-refractivity contribution in [2.24, 2.45) is 5.73 Å². The molecule has 0 fully saturated rings. The van der Waals surface area contributed by atoms with E-state index in [1.165, 1.54) is 18.2 Å². The smallest absolute Gasteiger partial charge is 0.316 e. The number of halogens is 4. The van der Waals surface area contributed by atoms with Crippen molar-refractivity contribution in [1.29, 1.82) is 0 Å². The molecule has 0 radical (unpaired) electrons. The summed E-state index contributed by atoms with van der Waals surface area (Å²) in [5.41, 5.74) is 4.86. The van der Waals surface area contributed by atoms with Crippen LogP contribution in [0.4, 0.5) is 13.2 Å². The molecule has 72 valence electrons. The van der Waals surface area contributed by atoms with E-state index in [2.05, 4.69) is 0 Å². The molecule has 2 N–H and O–H groups in total. The zero-order valence-corrected chi connectivity index (χ0v) is 7.23. The van der Waals surface area contributed by atoms with Crippen molar-refractivity contribution in [3.05, 3.63) is 34.9 Å². The van der Waals surface area contributed by atoms with Crippen LogP contribution in [0.5, 0.6) is 0 Å². The first kappa shape index (κ1) is 10.3. The molecule has 1 atom stereocenters. The van der Waals surface area contributed by atoms with Gasteiger partial charge in [0.05, 0.1) is 0 Å². The van der Waals surface area contributed by atoms with E-state index in [0.29, 0.717) is 0 Å². The second kappa shape index (κ2) is 3.55. The van der Waals surface area contributed by atoms with E-state index in [4.69, 9.17) is 17.3 Å². The highest BCUT2D eigenvalue weighted by molar-refractivity contribution is 6.31. The van der Waals surface area contributed by atoms with Crippen LogP contribution in [0.2, 0.25) is 5.02 Å². The topological polar surface area (TPSA) is 26.0 Å². The van der Waals surface area contributed by atoms with Gasteiger partial charge >= 0.3 is 6.18 Å². The van der Waals surface area contributed by atoms with Crippen LogP contribution >= 0.6 is 11.6 Å². The fourth-order valence-electron chi connectivity index (χ4n) is 0.904. The molecule has 0 aromatic heterocycles. The Morgan fingerprint density at radius 1 is 1.23 bits per heavy atom. The van der Waals surface area contributed by atoms with Crippen molar-refractivity contribution >= 4 is 11.6 Å². The largest absolute Gasteiger partial charge is 0.407 e. The van der Waals surface area contributed by atoms with Gasteiger partial charge in [-0.15, -0.1) is 0 Å². The Morgan fingerprint density at radius 3 is 2.23 bits per heavy atom. The van der Waals surface area contributed by atoms with Gasteiger partial charge in [0.15, 0.2) is 0 Å². The lowest BCUT2D eigenvalue weighted by Gasteiger charge is -2.16. The summed E-state index contributed by atoms with van der Waals surface area (Å²) in [5.74, 6) is 0. The Balaban J connectivity index is 3.02. The maximum Gasteiger partial charge on any atom is 0.407 e. The molecule has 0 aliphatic carbocycles. The van der Waals surface area contributed by atoms with E-state index in [1.54, 1.807) is 6.07 Å². The third-order valence-corrected chi connectivity index (χ3v) is 1.94. The number of benzene rings is 1. The molecule has 1 aromatic carbocycles. The molecule has 0 amide bonds. The molecule has 0 unspecified atom stereocenters. The van der Waals surface area contributed by atoms with Crippen LogP contribution in [0.1, 0.15) is 11.6 Å². The molecule has 1 nitrogen and oxygen atoms in total. The van der Waals surface area contributed by atoms with Gasteiger partial charge in [0.2, 0.25) is 0 Å². The third-order valence-electron chi connectivity index (χ3n) is 1.59. The molecule has 0 bridgehead atoms. The predicted molar refractivity (Wildman–Crippen MR) is 44.4 cm³/mol. The SMILES string of the molecule is N[C@H](c1ccccc1Cl)C(F)(F)F. The minimum Gasteiger partial charge on any atom is -0.316 e. The van der Waals surface area contributed by atoms with Crippen molar-refractivity contribution in [2.75, 3.05) is 0 Å². The van der Waals surface area contributed by atoms with Gasteiger partial charge in [0, 0.05) is 5.02 Å². The van der Waals surface area contributed by atoms with E-state index in [0.717, 1.165) is 0 Å². The molecule has 1 aromatic rings. The fourth-order valence-corrected chi connectivity index (χ4v) is 1.16. The second-order valence-corrected chi connectivity index (χ2v) is 2.95. The Kier molecular flexibility index (Phi) is 2.83. The van der Waals surface area contributed by atoms with Gasteiger partial charge in [-0.05, 0) is 11.6 Å². The molecular weight excluding hydrogens is 203 g/mol. The maximum atomic E-state index is 12.1. The number of nitrogens with two attached hydrogens (primary N) is 1. The Labute approximate surface area is 78.3 Å². The summed E-state index contributed by atoms with van der Waals surface area (Å²) in [7, 11) is 0. The van der Waals surface area contributed by atoms with Gasteiger partial charge in [0.1, 0.15) is 6.04 Å². The molecule has 0 aliphatic rings. The minimum absolute atomic E-state index is 0.0346. The summed E-state index contributed by atoms with van der Waals surface area (Å²) in [4.78, 5) is 0. The molecule has 1 rings (SSSR count). The van der Waals surface area contributed by atoms with Gasteiger partial charge in [0.25, 0.3) is 0 Å². The Morgan fingerprint density at radius 2 is 1.77 bits per heavy atom. The summed E-state index contributed by atoms with van der Waals surface area (Å²) in [6.07, 6.45) is -4.45. The summed E-state index contributed by atoms with van der Waals surface area (Å²) < 4.78 is 36.4. The Hall–Kier alpha value is -0.740. The van der Waals surface area contributed by atoms with E-state index in [-0.39, 0.29) is 10.6 Å². The van der Waals surface area contributed by atoms with Gasteiger partial charge in [-0.2, -0.15) is 13.2 Å². The summed E-state index contributed by atoms with van der Waals surface area (Å²) in [5, 5.41) is 0.0346. The highest BCUT2D eigenvalue weighted by Gasteiger charge is 2.38. The van der Waals surface area contributed by atoms with Crippen molar-refractivity contribution < 1.29 is 13.2 Å². The van der Waals surface area contributed by atoms with Crippen molar-refractivity contribution in [2.45, 2.75) is 12.2 Å². The molecule has 13 heavy (non-hydrogen) atoms. The van der Waals surface area contributed by atoms with Crippen LogP contribution in [0, 0.1) is 0 Å². The van der Waals surface area contributed by atoms with E-state index < -0.39 is 12.2 Å². The average molecular weight is 210 g/mol. The van der Waals surface area contributed by atoms with Crippen molar-refractivity contribution in [3.63, 3.8) is 0 Å². The summed E-state index contributed by atoms with van der Waals surface area (Å²) in [6.45, 7) is 0. The first-order valence-electron chi connectivity index (χ1n) is 3.49. The van der Waals surface area contributed by atoms with Gasteiger partial charge in [-0.1, -0.05) is 29.8 Å². The predicted octanol–water partition coefficient (Wildman–Crippen LogP) is 2.90. The second-order valence-electron chi connectivity index (χ2n) is 2.54. The third kappa shape index (κ3) is 2.35. The average Bonchev–Trinajstić information content (AvgIpc) is 2.02. The number of hydrogen-bond acceptors (Lipinski definition) is 1. The normalized spacial score (nSPS) is 14.2. The van der Waals surface area contributed by atoms with Crippen LogP contribution in [-0.2, 0) is 0 Å². The summed E-state index contributed by atoms with van der Waals surface area (Å²) in [6, 6.07) is 3.64. The van der Waals surface area contributed by atoms with E-state index in [1.807, 2.05) is 0 Å². The lowest BCUT2D eigenvalue weighted by molar-refractivity contribution is -0.149. The van der Waals surface area contributed by atoms with Gasteiger partial charge in [-0.3, -0.25) is 0 Å². The lowest BCUT2D eigenvalue weighted by atomic mass is 10.1. The van der Waals surface area contributed by atoms with Gasteiger partial charge < -0.3 is 5.73 Å². The van der Waals surface area contributed by atoms with Crippen molar-refractivity contribution in [3.8, 4) is 0 Å². The molecule has 0 spiro atoms. The monoisotopic (exact) mass is 209 g/mol. The van der Waals surface area contributed by atoms with Gasteiger partial charge in [-0.25, -0.2) is 0 Å². The standard InChI is InChI=1S/C8H7ClF3N/c9-6-4-2-1-3-5(6)7(13)8(10,11)12/h1-4,7H,13H2/t7-/m1/s1. The molecular formula is C8H7ClF3N. The van der Waals surface area contributed by atoms with Crippen molar-refractivity contribution in [1.82, 2.24) is 0 Å². The quantitative estimate of drug-likeness (QED) is 0.756. The van der Waals surface area contributed by atoms with Crippen LogP contribution in [0.15, 0.2) is 24.3 Å². The molecule has 0 aliphatic heterocycles. The maximum absolute atomic E-state index is 12.1. The molecule has 0 heterocycles.